The van der Waals surface area contributed by atoms with Crippen LogP contribution >= 0.6 is 0 Å². The van der Waals surface area contributed by atoms with Gasteiger partial charge in [0, 0.05) is 31.1 Å². The third kappa shape index (κ3) is 3.12. The fourth-order valence-corrected chi connectivity index (χ4v) is 1.05. The summed E-state index contributed by atoms with van der Waals surface area (Å²) in [5.74, 6) is 1.32. The maximum atomic E-state index is 5.48. The number of nitrogens with one attached hydrogen (secondary N) is 1. The van der Waals surface area contributed by atoms with Crippen molar-refractivity contribution in [3.8, 4) is 0 Å². The molecule has 0 bridgehead atoms. The Morgan fingerprint density at radius 1 is 1.50 bits per heavy atom. The minimum atomic E-state index is 0.314. The Balaban J connectivity index is 2.44. The van der Waals surface area contributed by atoms with Gasteiger partial charge in [0.2, 0.25) is 0 Å². The molecule has 0 aliphatic rings. The zero-order valence-corrected chi connectivity index (χ0v) is 9.08. The van der Waals surface area contributed by atoms with E-state index in [1.54, 1.807) is 0 Å². The number of rotatable bonds is 5. The van der Waals surface area contributed by atoms with E-state index in [1.807, 2.05) is 13.0 Å². The van der Waals surface area contributed by atoms with Crippen molar-refractivity contribution >= 4 is 0 Å². The van der Waals surface area contributed by atoms with Crippen molar-refractivity contribution in [2.45, 2.75) is 39.3 Å². The van der Waals surface area contributed by atoms with Crippen LogP contribution in [0.2, 0.25) is 0 Å². The first-order valence-electron chi connectivity index (χ1n) is 5.02. The zero-order chi connectivity index (χ0) is 10.6. The molecule has 14 heavy (non-hydrogen) atoms. The lowest BCUT2D eigenvalue weighted by Crippen LogP contribution is -2.32. The summed E-state index contributed by atoms with van der Waals surface area (Å²) in [6.07, 6.45) is 0. The van der Waals surface area contributed by atoms with Gasteiger partial charge in [-0.25, -0.2) is 0 Å². The lowest BCUT2D eigenvalue weighted by atomic mass is 10.1. The van der Waals surface area contributed by atoms with Crippen LogP contribution in [0.3, 0.4) is 0 Å². The van der Waals surface area contributed by atoms with Crippen LogP contribution in [0.15, 0.2) is 10.6 Å². The quantitative estimate of drug-likeness (QED) is 0.745. The summed E-state index contributed by atoms with van der Waals surface area (Å²) in [7, 11) is 0. The molecule has 0 saturated heterocycles. The Kier molecular flexibility index (Phi) is 4.10. The highest BCUT2D eigenvalue weighted by atomic mass is 16.5. The van der Waals surface area contributed by atoms with Gasteiger partial charge in [0.15, 0.2) is 0 Å². The predicted molar refractivity (Wildman–Crippen MR) is 55.9 cm³/mol. The third-order valence-electron chi connectivity index (χ3n) is 2.13. The second-order valence-electron chi connectivity index (χ2n) is 3.89. The molecule has 4 heteroatoms. The first kappa shape index (κ1) is 11.2. The Hall–Kier alpha value is -0.870. The first-order chi connectivity index (χ1) is 6.63. The van der Waals surface area contributed by atoms with E-state index in [-0.39, 0.29) is 0 Å². The van der Waals surface area contributed by atoms with Gasteiger partial charge >= 0.3 is 0 Å². The summed E-state index contributed by atoms with van der Waals surface area (Å²) in [6, 6.07) is 2.30. The summed E-state index contributed by atoms with van der Waals surface area (Å²) in [5, 5.41) is 7.22. The van der Waals surface area contributed by atoms with E-state index in [9.17, 15) is 0 Å². The Morgan fingerprint density at radius 2 is 2.21 bits per heavy atom. The van der Waals surface area contributed by atoms with Gasteiger partial charge in [-0.2, -0.15) is 0 Å². The lowest BCUT2D eigenvalue weighted by Gasteiger charge is -2.08. The SMILES string of the molecule is CC(CN)NCc1cc(C(C)C)on1. The van der Waals surface area contributed by atoms with E-state index in [0.717, 1.165) is 11.5 Å². The molecule has 0 amide bonds. The molecule has 1 aromatic rings. The van der Waals surface area contributed by atoms with Crippen LogP contribution in [0, 0.1) is 0 Å². The minimum Gasteiger partial charge on any atom is -0.361 e. The summed E-state index contributed by atoms with van der Waals surface area (Å²) in [4.78, 5) is 0. The molecule has 0 fully saturated rings. The summed E-state index contributed by atoms with van der Waals surface area (Å²) in [6.45, 7) is 7.56. The first-order valence-corrected chi connectivity index (χ1v) is 5.02. The molecule has 0 aromatic carbocycles. The molecule has 0 spiro atoms. The van der Waals surface area contributed by atoms with Crippen molar-refractivity contribution < 1.29 is 4.52 Å². The molecule has 0 aliphatic heterocycles. The van der Waals surface area contributed by atoms with Gasteiger partial charge in [-0.1, -0.05) is 19.0 Å². The monoisotopic (exact) mass is 197 g/mol. The van der Waals surface area contributed by atoms with E-state index in [1.165, 1.54) is 0 Å². The molecule has 1 unspecified atom stereocenters. The van der Waals surface area contributed by atoms with E-state index in [4.69, 9.17) is 10.3 Å². The normalized spacial score (nSPS) is 13.5. The summed E-state index contributed by atoms with van der Waals surface area (Å²) < 4.78 is 5.17. The number of aromatic nitrogens is 1. The molecule has 4 nitrogen and oxygen atoms in total. The molecule has 1 atom stereocenters. The average Bonchev–Trinajstić information content (AvgIpc) is 2.62. The molecule has 0 aliphatic carbocycles. The summed E-state index contributed by atoms with van der Waals surface area (Å²) >= 11 is 0. The van der Waals surface area contributed by atoms with Crippen molar-refractivity contribution in [1.29, 1.82) is 0 Å². The van der Waals surface area contributed by atoms with Crippen LogP contribution in [0.25, 0.3) is 0 Å². The molecule has 1 heterocycles. The largest absolute Gasteiger partial charge is 0.361 e. The van der Waals surface area contributed by atoms with Gasteiger partial charge < -0.3 is 15.6 Å². The zero-order valence-electron chi connectivity index (χ0n) is 9.08. The Labute approximate surface area is 84.8 Å². The second kappa shape index (κ2) is 5.12. The average molecular weight is 197 g/mol. The number of nitrogens with two attached hydrogens (primary N) is 1. The minimum absolute atomic E-state index is 0.314. The highest BCUT2D eigenvalue weighted by Gasteiger charge is 2.07. The van der Waals surface area contributed by atoms with Crippen LogP contribution < -0.4 is 11.1 Å². The van der Waals surface area contributed by atoms with E-state index in [0.29, 0.717) is 25.0 Å². The van der Waals surface area contributed by atoms with Gasteiger partial charge in [-0.05, 0) is 6.92 Å². The molecular formula is C10H19N3O. The van der Waals surface area contributed by atoms with Crippen molar-refractivity contribution in [1.82, 2.24) is 10.5 Å². The van der Waals surface area contributed by atoms with Gasteiger partial charge in [0.25, 0.3) is 0 Å². The van der Waals surface area contributed by atoms with Crippen LogP contribution in [0.1, 0.15) is 38.1 Å². The summed E-state index contributed by atoms with van der Waals surface area (Å²) in [5.41, 5.74) is 6.42. The van der Waals surface area contributed by atoms with Crippen LogP contribution in [-0.2, 0) is 6.54 Å². The Morgan fingerprint density at radius 3 is 2.71 bits per heavy atom. The van der Waals surface area contributed by atoms with Crippen LogP contribution in [0.5, 0.6) is 0 Å². The molecule has 0 radical (unpaired) electrons. The Bertz CT molecular complexity index is 270. The molecule has 1 rings (SSSR count). The maximum absolute atomic E-state index is 5.48. The third-order valence-corrected chi connectivity index (χ3v) is 2.13. The smallest absolute Gasteiger partial charge is 0.139 e. The van der Waals surface area contributed by atoms with Gasteiger partial charge in [0.1, 0.15) is 5.76 Å². The molecule has 3 N–H and O–H groups in total. The second-order valence-corrected chi connectivity index (χ2v) is 3.89. The number of hydrogen-bond acceptors (Lipinski definition) is 4. The van der Waals surface area contributed by atoms with E-state index in [2.05, 4.69) is 24.3 Å². The number of nitrogens with zero attached hydrogens (tertiary/aromatic N) is 1. The van der Waals surface area contributed by atoms with E-state index < -0.39 is 0 Å². The molecule has 80 valence electrons. The van der Waals surface area contributed by atoms with Gasteiger partial charge in [0.05, 0.1) is 5.69 Å². The lowest BCUT2D eigenvalue weighted by molar-refractivity contribution is 0.363. The topological polar surface area (TPSA) is 64.1 Å². The van der Waals surface area contributed by atoms with Crippen molar-refractivity contribution in [3.05, 3.63) is 17.5 Å². The van der Waals surface area contributed by atoms with Gasteiger partial charge in [-0.3, -0.25) is 0 Å². The standard InChI is InChI=1S/C10H19N3O/c1-7(2)10-4-9(13-14-10)6-12-8(3)5-11/h4,7-8,12H,5-6,11H2,1-3H3. The van der Waals surface area contributed by atoms with Gasteiger partial charge in [-0.15, -0.1) is 0 Å². The number of hydrogen-bond donors (Lipinski definition) is 2. The molecule has 1 aromatic heterocycles. The van der Waals surface area contributed by atoms with Crippen LogP contribution in [-0.4, -0.2) is 17.7 Å². The van der Waals surface area contributed by atoms with E-state index >= 15 is 0 Å². The maximum Gasteiger partial charge on any atom is 0.139 e. The highest BCUT2D eigenvalue weighted by molar-refractivity contribution is 5.08. The van der Waals surface area contributed by atoms with Crippen molar-refractivity contribution in [2.24, 2.45) is 5.73 Å². The molecular weight excluding hydrogens is 178 g/mol. The van der Waals surface area contributed by atoms with Crippen molar-refractivity contribution in [3.63, 3.8) is 0 Å². The molecule has 0 saturated carbocycles. The van der Waals surface area contributed by atoms with Crippen LogP contribution in [0.4, 0.5) is 0 Å². The predicted octanol–water partition coefficient (Wildman–Crippen LogP) is 1.23. The van der Waals surface area contributed by atoms with Crippen molar-refractivity contribution in [2.75, 3.05) is 6.54 Å². The highest BCUT2D eigenvalue weighted by Crippen LogP contribution is 2.14. The fraction of sp³-hybridized carbons (Fsp3) is 0.700. The fourth-order valence-electron chi connectivity index (χ4n) is 1.05.